The molecule has 40 heavy (non-hydrogen) atoms. The number of unbranched alkanes of at least 4 members (excludes halogenated alkanes) is 18. The Kier molecular flexibility index (Phi) is 20.0. The van der Waals surface area contributed by atoms with E-state index in [1.807, 2.05) is 13.0 Å². The summed E-state index contributed by atoms with van der Waals surface area (Å²) >= 11 is 0. The Labute approximate surface area is 246 Å². The van der Waals surface area contributed by atoms with Gasteiger partial charge in [-0.3, -0.25) is 0 Å². The van der Waals surface area contributed by atoms with Crippen LogP contribution in [-0.4, -0.2) is 46.7 Å². The lowest BCUT2D eigenvalue weighted by molar-refractivity contribution is -0.139. The largest absolute Gasteiger partial charge is 0.455 e. The van der Waals surface area contributed by atoms with Gasteiger partial charge in [0, 0.05) is 5.57 Å². The van der Waals surface area contributed by atoms with Crippen molar-refractivity contribution in [1.82, 2.24) is 0 Å². The molecular formula is C35H64O5. The van der Waals surface area contributed by atoms with Gasteiger partial charge in [-0.25, -0.2) is 4.79 Å². The van der Waals surface area contributed by atoms with Crippen LogP contribution in [0.25, 0.3) is 0 Å². The summed E-state index contributed by atoms with van der Waals surface area (Å²) in [6.45, 7) is 4.18. The topological polar surface area (TPSA) is 76.0 Å². The molecule has 2 aliphatic heterocycles. The van der Waals surface area contributed by atoms with Gasteiger partial charge in [0.25, 0.3) is 0 Å². The van der Waals surface area contributed by atoms with Crippen molar-refractivity contribution in [3.8, 4) is 0 Å². The minimum atomic E-state index is -0.389. The number of ether oxygens (including phenoxy) is 2. The van der Waals surface area contributed by atoms with Crippen molar-refractivity contribution in [2.75, 3.05) is 0 Å². The highest BCUT2D eigenvalue weighted by molar-refractivity contribution is 5.90. The van der Waals surface area contributed by atoms with E-state index in [4.69, 9.17) is 9.47 Å². The average Bonchev–Trinajstić information content (AvgIpc) is 3.56. The summed E-state index contributed by atoms with van der Waals surface area (Å²) in [7, 11) is 0. The van der Waals surface area contributed by atoms with Crippen molar-refractivity contribution in [1.29, 1.82) is 0 Å². The summed E-state index contributed by atoms with van der Waals surface area (Å²) in [5.74, 6) is -0.117. The number of aliphatic hydroxyl groups is 2. The van der Waals surface area contributed by atoms with Gasteiger partial charge in [-0.15, -0.1) is 0 Å². The van der Waals surface area contributed by atoms with E-state index in [9.17, 15) is 15.0 Å². The van der Waals surface area contributed by atoms with Crippen molar-refractivity contribution >= 4 is 5.97 Å². The summed E-state index contributed by atoms with van der Waals surface area (Å²) < 4.78 is 11.2. The molecule has 0 aromatic rings. The van der Waals surface area contributed by atoms with Gasteiger partial charge in [-0.1, -0.05) is 129 Å². The predicted molar refractivity (Wildman–Crippen MR) is 165 cm³/mol. The van der Waals surface area contributed by atoms with Crippen LogP contribution < -0.4 is 0 Å². The monoisotopic (exact) mass is 564 g/mol. The van der Waals surface area contributed by atoms with E-state index < -0.39 is 0 Å². The first kappa shape index (κ1) is 35.3. The third kappa shape index (κ3) is 15.9. The van der Waals surface area contributed by atoms with Crippen LogP contribution in [0.3, 0.4) is 0 Å². The molecule has 5 nitrogen and oxygen atoms in total. The van der Waals surface area contributed by atoms with Gasteiger partial charge in [0.2, 0.25) is 0 Å². The number of carbonyl (C=O) groups is 1. The molecule has 0 aliphatic carbocycles. The molecule has 2 heterocycles. The molecule has 0 aromatic carbocycles. The second-order valence-electron chi connectivity index (χ2n) is 12.8. The van der Waals surface area contributed by atoms with Gasteiger partial charge in [0.05, 0.1) is 24.4 Å². The summed E-state index contributed by atoms with van der Waals surface area (Å²) in [4.78, 5) is 11.6. The smallest absolute Gasteiger partial charge is 0.334 e. The lowest BCUT2D eigenvalue weighted by Gasteiger charge is -2.22. The van der Waals surface area contributed by atoms with Gasteiger partial charge in [0.15, 0.2) is 0 Å². The van der Waals surface area contributed by atoms with Crippen LogP contribution in [0.1, 0.15) is 174 Å². The molecule has 5 heteroatoms. The van der Waals surface area contributed by atoms with E-state index in [0.717, 1.165) is 56.9 Å². The van der Waals surface area contributed by atoms with Gasteiger partial charge in [0.1, 0.15) is 6.10 Å². The van der Waals surface area contributed by atoms with Crippen LogP contribution in [0.4, 0.5) is 0 Å². The van der Waals surface area contributed by atoms with Crippen LogP contribution in [-0.2, 0) is 14.3 Å². The van der Waals surface area contributed by atoms with E-state index in [-0.39, 0.29) is 36.5 Å². The van der Waals surface area contributed by atoms with Crippen LogP contribution in [0.5, 0.6) is 0 Å². The molecule has 2 N–H and O–H groups in total. The standard InChI is InChI=1S/C35H64O5/c1-3-4-5-6-7-8-12-15-18-21-24-31(36)33-26-27-34(40-33)32(37)25-22-19-16-13-10-9-11-14-17-20-23-30-28-29(2)39-35(30)38/h28-29,31-34,36-37H,3-27H2,1-2H3/t29-,31+,32+,33+,34+/m0/s1. The number of hydrogen-bond acceptors (Lipinski definition) is 5. The quantitative estimate of drug-likeness (QED) is 0.0809. The first-order valence-corrected chi connectivity index (χ1v) is 17.4. The minimum Gasteiger partial charge on any atom is -0.455 e. The Bertz CT molecular complexity index is 662. The first-order valence-electron chi connectivity index (χ1n) is 17.4. The Hall–Kier alpha value is -0.910. The first-order chi connectivity index (χ1) is 19.5. The summed E-state index contributed by atoms with van der Waals surface area (Å²) in [5.41, 5.74) is 0.870. The maximum absolute atomic E-state index is 11.6. The van der Waals surface area contributed by atoms with E-state index in [2.05, 4.69) is 6.92 Å². The van der Waals surface area contributed by atoms with E-state index in [1.165, 1.54) is 109 Å². The molecule has 0 saturated carbocycles. The maximum atomic E-state index is 11.6. The van der Waals surface area contributed by atoms with Gasteiger partial charge < -0.3 is 19.7 Å². The molecule has 2 aliphatic rings. The summed E-state index contributed by atoms with van der Waals surface area (Å²) in [5, 5.41) is 21.2. The minimum absolute atomic E-state index is 0.0443. The zero-order chi connectivity index (χ0) is 28.8. The molecule has 0 bridgehead atoms. The molecule has 1 fully saturated rings. The number of aliphatic hydroxyl groups excluding tert-OH is 2. The van der Waals surface area contributed by atoms with Crippen molar-refractivity contribution < 1.29 is 24.5 Å². The maximum Gasteiger partial charge on any atom is 0.334 e. The second-order valence-corrected chi connectivity index (χ2v) is 12.8. The van der Waals surface area contributed by atoms with E-state index >= 15 is 0 Å². The predicted octanol–water partition coefficient (Wildman–Crippen LogP) is 9.12. The Balaban J connectivity index is 1.35. The molecule has 0 amide bonds. The van der Waals surface area contributed by atoms with E-state index in [1.54, 1.807) is 0 Å². The Morgan fingerprint density at radius 2 is 1.07 bits per heavy atom. The molecule has 0 aromatic heterocycles. The number of rotatable bonds is 26. The highest BCUT2D eigenvalue weighted by atomic mass is 16.5. The zero-order valence-corrected chi connectivity index (χ0v) is 26.3. The number of esters is 1. The molecule has 5 atom stereocenters. The van der Waals surface area contributed by atoms with Crippen LogP contribution in [0.2, 0.25) is 0 Å². The van der Waals surface area contributed by atoms with Gasteiger partial charge >= 0.3 is 5.97 Å². The molecule has 2 rings (SSSR count). The fourth-order valence-corrected chi connectivity index (χ4v) is 6.37. The second kappa shape index (κ2) is 22.7. The molecular weight excluding hydrogens is 500 g/mol. The summed E-state index contributed by atoms with van der Waals surface area (Å²) in [6.07, 6.45) is 30.5. The lowest BCUT2D eigenvalue weighted by atomic mass is 10.00. The van der Waals surface area contributed by atoms with Gasteiger partial charge in [-0.05, 0) is 51.5 Å². The number of hydrogen-bond donors (Lipinski definition) is 2. The van der Waals surface area contributed by atoms with Gasteiger partial charge in [-0.2, -0.15) is 0 Å². The van der Waals surface area contributed by atoms with Crippen molar-refractivity contribution in [2.45, 2.75) is 205 Å². The Morgan fingerprint density at radius 3 is 1.48 bits per heavy atom. The normalized spacial score (nSPS) is 22.4. The Morgan fingerprint density at radius 1 is 0.675 bits per heavy atom. The fourth-order valence-electron chi connectivity index (χ4n) is 6.37. The number of cyclic esters (lactones) is 1. The number of carbonyl (C=O) groups excluding carboxylic acids is 1. The third-order valence-corrected chi connectivity index (χ3v) is 8.98. The van der Waals surface area contributed by atoms with Crippen molar-refractivity contribution in [3.05, 3.63) is 11.6 Å². The van der Waals surface area contributed by atoms with Crippen LogP contribution in [0.15, 0.2) is 11.6 Å². The van der Waals surface area contributed by atoms with Crippen LogP contribution in [0, 0.1) is 0 Å². The highest BCUT2D eigenvalue weighted by Crippen LogP contribution is 2.28. The fraction of sp³-hybridized carbons (Fsp3) is 0.914. The lowest BCUT2D eigenvalue weighted by Crippen LogP contribution is -2.31. The third-order valence-electron chi connectivity index (χ3n) is 8.98. The molecule has 0 radical (unpaired) electrons. The molecule has 0 unspecified atom stereocenters. The van der Waals surface area contributed by atoms with Crippen molar-refractivity contribution in [2.24, 2.45) is 0 Å². The SMILES string of the molecule is CCCCCCCCCCCC[C@@H](O)[C@H]1CC[C@H]([C@H](O)CCCCCCCCCCCCC2=C[C@H](C)OC2=O)O1. The molecule has 234 valence electrons. The van der Waals surface area contributed by atoms with E-state index in [0.29, 0.717) is 0 Å². The molecule has 0 spiro atoms. The van der Waals surface area contributed by atoms with Crippen molar-refractivity contribution in [3.63, 3.8) is 0 Å². The zero-order valence-electron chi connectivity index (χ0n) is 26.3. The highest BCUT2D eigenvalue weighted by Gasteiger charge is 2.34. The molecule has 1 saturated heterocycles. The average molecular weight is 565 g/mol. The van der Waals surface area contributed by atoms with Crippen LogP contribution >= 0.6 is 0 Å². The summed E-state index contributed by atoms with van der Waals surface area (Å²) in [6, 6.07) is 0.